The highest BCUT2D eigenvalue weighted by molar-refractivity contribution is 7.12. The minimum absolute atomic E-state index is 0.00102. The first-order chi connectivity index (χ1) is 9.75. The van der Waals surface area contributed by atoms with Gasteiger partial charge in [0.1, 0.15) is 6.04 Å². The third kappa shape index (κ3) is 2.71. The highest BCUT2D eigenvalue weighted by Crippen LogP contribution is 2.22. The summed E-state index contributed by atoms with van der Waals surface area (Å²) in [5.41, 5.74) is 0. The van der Waals surface area contributed by atoms with Crippen molar-refractivity contribution in [1.29, 1.82) is 0 Å². The predicted molar refractivity (Wildman–Crippen MR) is 77.8 cm³/mol. The zero-order valence-corrected chi connectivity index (χ0v) is 12.1. The lowest BCUT2D eigenvalue weighted by Crippen LogP contribution is -2.49. The van der Waals surface area contributed by atoms with Gasteiger partial charge >= 0.3 is 0 Å². The van der Waals surface area contributed by atoms with Gasteiger partial charge < -0.3 is 15.5 Å². The second-order valence-electron chi connectivity index (χ2n) is 5.33. The number of hydrogen-bond donors (Lipinski definition) is 2. The van der Waals surface area contributed by atoms with Crippen molar-refractivity contribution in [3.63, 3.8) is 0 Å². The largest absolute Gasteiger partial charge is 0.350 e. The van der Waals surface area contributed by atoms with Gasteiger partial charge in [-0.3, -0.25) is 9.59 Å². The van der Waals surface area contributed by atoms with Crippen LogP contribution < -0.4 is 10.6 Å². The molecule has 5 nitrogen and oxygen atoms in total. The lowest BCUT2D eigenvalue weighted by Gasteiger charge is -2.24. The van der Waals surface area contributed by atoms with Crippen molar-refractivity contribution in [2.45, 2.75) is 31.3 Å². The van der Waals surface area contributed by atoms with E-state index in [-0.39, 0.29) is 23.9 Å². The Morgan fingerprint density at radius 1 is 1.40 bits per heavy atom. The van der Waals surface area contributed by atoms with Gasteiger partial charge in [-0.2, -0.15) is 0 Å². The highest BCUT2D eigenvalue weighted by Gasteiger charge is 2.35. The Morgan fingerprint density at radius 3 is 3.00 bits per heavy atom. The molecule has 3 rings (SSSR count). The van der Waals surface area contributed by atoms with E-state index in [4.69, 9.17) is 0 Å². The minimum Gasteiger partial charge on any atom is -0.350 e. The molecule has 0 radical (unpaired) electrons. The summed E-state index contributed by atoms with van der Waals surface area (Å²) >= 11 is 1.43. The van der Waals surface area contributed by atoms with E-state index in [0.717, 1.165) is 32.4 Å². The van der Waals surface area contributed by atoms with Gasteiger partial charge in [-0.1, -0.05) is 6.07 Å². The quantitative estimate of drug-likeness (QED) is 0.868. The van der Waals surface area contributed by atoms with Gasteiger partial charge in [-0.25, -0.2) is 0 Å². The average molecular weight is 293 g/mol. The van der Waals surface area contributed by atoms with Crippen molar-refractivity contribution >= 4 is 23.2 Å². The minimum atomic E-state index is -0.301. The first-order valence-electron chi connectivity index (χ1n) is 7.11. The first-order valence-corrected chi connectivity index (χ1v) is 7.99. The zero-order chi connectivity index (χ0) is 13.9. The van der Waals surface area contributed by atoms with Crippen LogP contribution in [-0.4, -0.2) is 48.4 Å². The maximum Gasteiger partial charge on any atom is 0.264 e. The summed E-state index contributed by atoms with van der Waals surface area (Å²) in [5, 5.41) is 8.18. The molecule has 2 unspecified atom stereocenters. The Balaban J connectivity index is 1.65. The molecule has 2 fully saturated rings. The summed E-state index contributed by atoms with van der Waals surface area (Å²) in [6.07, 6.45) is 2.64. The number of carbonyl (C=O) groups is 2. The molecular weight excluding hydrogens is 274 g/mol. The predicted octanol–water partition coefficient (Wildman–Crippen LogP) is 0.831. The van der Waals surface area contributed by atoms with Crippen LogP contribution in [-0.2, 0) is 4.79 Å². The van der Waals surface area contributed by atoms with E-state index < -0.39 is 0 Å². The van der Waals surface area contributed by atoms with Crippen molar-refractivity contribution in [3.8, 4) is 0 Å². The van der Waals surface area contributed by atoms with Gasteiger partial charge in [0.2, 0.25) is 5.91 Å². The van der Waals surface area contributed by atoms with E-state index in [9.17, 15) is 9.59 Å². The number of amides is 2. The van der Waals surface area contributed by atoms with Crippen LogP contribution in [0.1, 0.15) is 28.9 Å². The summed E-state index contributed by atoms with van der Waals surface area (Å²) in [6, 6.07) is 3.60. The average Bonchev–Trinajstić information content (AvgIpc) is 3.19. The lowest BCUT2D eigenvalue weighted by molar-refractivity contribution is -0.125. The molecule has 6 heteroatoms. The summed E-state index contributed by atoms with van der Waals surface area (Å²) in [6.45, 7) is 2.46. The van der Waals surface area contributed by atoms with Crippen LogP contribution in [0.2, 0.25) is 0 Å². The lowest BCUT2D eigenvalue weighted by atomic mass is 10.1. The summed E-state index contributed by atoms with van der Waals surface area (Å²) in [7, 11) is 0. The van der Waals surface area contributed by atoms with E-state index >= 15 is 0 Å². The molecule has 3 heterocycles. The Hall–Kier alpha value is -1.40. The molecule has 0 bridgehead atoms. The molecule has 0 spiro atoms. The van der Waals surface area contributed by atoms with Gasteiger partial charge in [-0.15, -0.1) is 11.3 Å². The SMILES string of the molecule is O=C(NC1CCNC1)C1CCCN1C(=O)c1cccs1. The Kier molecular flexibility index (Phi) is 4.03. The molecule has 0 aliphatic carbocycles. The molecule has 1 aromatic rings. The molecule has 20 heavy (non-hydrogen) atoms. The molecule has 2 atom stereocenters. The fourth-order valence-corrected chi connectivity index (χ4v) is 3.58. The molecule has 108 valence electrons. The second-order valence-corrected chi connectivity index (χ2v) is 6.28. The number of thiophene rings is 1. The van der Waals surface area contributed by atoms with Gasteiger partial charge in [0.15, 0.2) is 0 Å². The number of carbonyl (C=O) groups excluding carboxylic acids is 2. The Labute approximate surface area is 122 Å². The standard InChI is InChI=1S/C14H19N3O2S/c18-13(16-10-5-6-15-9-10)11-3-1-7-17(11)14(19)12-4-2-8-20-12/h2,4,8,10-11,15H,1,3,5-7,9H2,(H,16,18). The fourth-order valence-electron chi connectivity index (χ4n) is 2.90. The van der Waals surface area contributed by atoms with E-state index in [1.165, 1.54) is 11.3 Å². The molecule has 2 aliphatic heterocycles. The molecule has 1 aromatic heterocycles. The van der Waals surface area contributed by atoms with Crippen LogP contribution in [0, 0.1) is 0 Å². The number of hydrogen-bond acceptors (Lipinski definition) is 4. The van der Waals surface area contributed by atoms with E-state index in [1.807, 2.05) is 17.5 Å². The number of rotatable bonds is 3. The molecule has 2 saturated heterocycles. The number of nitrogens with one attached hydrogen (secondary N) is 2. The third-order valence-electron chi connectivity index (χ3n) is 3.95. The van der Waals surface area contributed by atoms with Crippen LogP contribution in [0.4, 0.5) is 0 Å². The van der Waals surface area contributed by atoms with Gasteiger partial charge in [0.25, 0.3) is 5.91 Å². The fraction of sp³-hybridized carbons (Fsp3) is 0.571. The zero-order valence-electron chi connectivity index (χ0n) is 11.3. The molecule has 0 saturated carbocycles. The molecule has 0 aromatic carbocycles. The maximum absolute atomic E-state index is 12.4. The number of nitrogens with zero attached hydrogens (tertiary/aromatic N) is 1. The smallest absolute Gasteiger partial charge is 0.264 e. The van der Waals surface area contributed by atoms with E-state index in [2.05, 4.69) is 10.6 Å². The van der Waals surface area contributed by atoms with Crippen molar-refractivity contribution in [1.82, 2.24) is 15.5 Å². The van der Waals surface area contributed by atoms with Gasteiger partial charge in [0, 0.05) is 19.1 Å². The normalized spacial score (nSPS) is 25.9. The van der Waals surface area contributed by atoms with E-state index in [1.54, 1.807) is 4.90 Å². The summed E-state index contributed by atoms with van der Waals surface area (Å²) < 4.78 is 0. The summed E-state index contributed by atoms with van der Waals surface area (Å²) in [5.74, 6) is -0.0108. The second kappa shape index (κ2) is 5.93. The third-order valence-corrected chi connectivity index (χ3v) is 4.81. The maximum atomic E-state index is 12.4. The molecule has 2 amide bonds. The molecular formula is C14H19N3O2S. The number of likely N-dealkylation sites (tertiary alicyclic amines) is 1. The topological polar surface area (TPSA) is 61.4 Å². The van der Waals surface area contributed by atoms with Crippen molar-refractivity contribution in [3.05, 3.63) is 22.4 Å². The van der Waals surface area contributed by atoms with Gasteiger partial charge in [0.05, 0.1) is 4.88 Å². The van der Waals surface area contributed by atoms with Crippen LogP contribution in [0.25, 0.3) is 0 Å². The van der Waals surface area contributed by atoms with Crippen LogP contribution in [0.15, 0.2) is 17.5 Å². The monoisotopic (exact) mass is 293 g/mol. The highest BCUT2D eigenvalue weighted by atomic mass is 32.1. The van der Waals surface area contributed by atoms with Crippen molar-refractivity contribution in [2.75, 3.05) is 19.6 Å². The van der Waals surface area contributed by atoms with Gasteiger partial charge in [-0.05, 0) is 37.3 Å². The van der Waals surface area contributed by atoms with Crippen molar-refractivity contribution < 1.29 is 9.59 Å². The molecule has 2 N–H and O–H groups in total. The summed E-state index contributed by atoms with van der Waals surface area (Å²) in [4.78, 5) is 27.2. The van der Waals surface area contributed by atoms with Crippen LogP contribution in [0.3, 0.4) is 0 Å². The molecule has 2 aliphatic rings. The van der Waals surface area contributed by atoms with Crippen molar-refractivity contribution in [2.24, 2.45) is 0 Å². The van der Waals surface area contributed by atoms with Crippen LogP contribution in [0.5, 0.6) is 0 Å². The Bertz CT molecular complexity index is 483. The first kappa shape index (κ1) is 13.6. The van der Waals surface area contributed by atoms with E-state index in [0.29, 0.717) is 11.4 Å². The van der Waals surface area contributed by atoms with Crippen LogP contribution >= 0.6 is 11.3 Å². The Morgan fingerprint density at radius 2 is 2.30 bits per heavy atom.